The molecule has 0 aliphatic heterocycles. The van der Waals surface area contributed by atoms with Crippen molar-refractivity contribution in [1.29, 1.82) is 0 Å². The highest BCUT2D eigenvalue weighted by Gasteiger charge is 2.06. The molecule has 19 heavy (non-hydrogen) atoms. The molecule has 0 aliphatic rings. The van der Waals surface area contributed by atoms with E-state index in [1.54, 1.807) is 13.2 Å². The normalized spacial score (nSPS) is 10.5. The number of quaternary nitrogens is 2. The Bertz CT molecular complexity index is 392. The zero-order chi connectivity index (χ0) is 14.1. The van der Waals surface area contributed by atoms with Crippen LogP contribution in [0.5, 0.6) is 11.5 Å². The summed E-state index contributed by atoms with van der Waals surface area (Å²) in [4.78, 5) is 1.47. The van der Waals surface area contributed by atoms with E-state index < -0.39 is 0 Å². The predicted molar refractivity (Wildman–Crippen MR) is 76.9 cm³/mol. The lowest BCUT2D eigenvalue weighted by Crippen LogP contribution is -3.09. The first-order valence-corrected chi connectivity index (χ1v) is 6.68. The predicted octanol–water partition coefficient (Wildman–Crippen LogP) is -0.532. The summed E-state index contributed by atoms with van der Waals surface area (Å²) >= 11 is 0. The number of hydrogen-bond donors (Lipinski definition) is 2. The van der Waals surface area contributed by atoms with Crippen LogP contribution in [-0.4, -0.2) is 40.9 Å². The van der Waals surface area contributed by atoms with Crippen molar-refractivity contribution in [3.8, 4) is 11.5 Å². The van der Waals surface area contributed by atoms with E-state index in [0.717, 1.165) is 31.1 Å². The van der Waals surface area contributed by atoms with Crippen molar-refractivity contribution < 1.29 is 19.7 Å². The van der Waals surface area contributed by atoms with Crippen LogP contribution in [0.15, 0.2) is 30.9 Å². The Kier molecular flexibility index (Phi) is 7.00. The third-order valence-corrected chi connectivity index (χ3v) is 2.81. The summed E-state index contributed by atoms with van der Waals surface area (Å²) < 4.78 is 10.9. The number of likely N-dealkylation sites (N-methyl/N-ethyl adjacent to an activating group) is 1. The number of nitrogens with one attached hydrogen (secondary N) is 1. The molecule has 0 aromatic heterocycles. The summed E-state index contributed by atoms with van der Waals surface area (Å²) in [6.07, 6.45) is 1.73. The fraction of sp³-hybridized carbons (Fsp3) is 0.467. The van der Waals surface area contributed by atoms with Gasteiger partial charge in [0, 0.05) is 5.56 Å². The van der Waals surface area contributed by atoms with Gasteiger partial charge in [-0.05, 0) is 18.2 Å². The Hall–Kier alpha value is -1.52. The SMILES string of the molecule is C=CCOc1ccc(C[NH2+]CC[NH+](C)C)cc1OC. The standard InChI is InChI=1S/C15H24N2O2/c1-5-10-19-14-7-6-13(11-15(14)18-4)12-16-8-9-17(2)3/h5-7,11,16H,1,8-10,12H2,2-4H3/p+2. The first-order chi connectivity index (χ1) is 9.17. The molecule has 0 heterocycles. The molecule has 0 saturated carbocycles. The van der Waals surface area contributed by atoms with E-state index in [1.807, 2.05) is 12.1 Å². The van der Waals surface area contributed by atoms with E-state index >= 15 is 0 Å². The molecule has 0 unspecified atom stereocenters. The minimum atomic E-state index is 0.493. The van der Waals surface area contributed by atoms with Gasteiger partial charge in [-0.15, -0.1) is 0 Å². The lowest BCUT2D eigenvalue weighted by Gasteiger charge is -2.11. The van der Waals surface area contributed by atoms with Gasteiger partial charge in [-0.1, -0.05) is 12.7 Å². The van der Waals surface area contributed by atoms with Crippen LogP contribution < -0.4 is 19.7 Å². The van der Waals surface area contributed by atoms with Crippen LogP contribution in [-0.2, 0) is 6.54 Å². The van der Waals surface area contributed by atoms with Crippen LogP contribution in [0.4, 0.5) is 0 Å². The highest BCUT2D eigenvalue weighted by Crippen LogP contribution is 2.27. The summed E-state index contributed by atoms with van der Waals surface area (Å²) in [6, 6.07) is 6.08. The highest BCUT2D eigenvalue weighted by molar-refractivity contribution is 5.42. The molecule has 0 bridgehead atoms. The summed E-state index contributed by atoms with van der Waals surface area (Å²) in [5.41, 5.74) is 1.25. The molecule has 4 nitrogen and oxygen atoms in total. The molecule has 0 spiro atoms. The van der Waals surface area contributed by atoms with Gasteiger partial charge in [0.05, 0.1) is 21.2 Å². The number of ether oxygens (including phenoxy) is 2. The second-order valence-electron chi connectivity index (χ2n) is 4.82. The number of rotatable bonds is 9. The molecule has 3 N–H and O–H groups in total. The lowest BCUT2D eigenvalue weighted by atomic mass is 10.2. The Morgan fingerprint density at radius 3 is 2.74 bits per heavy atom. The van der Waals surface area contributed by atoms with Crippen molar-refractivity contribution in [2.75, 3.05) is 40.9 Å². The molecule has 4 heteroatoms. The number of benzene rings is 1. The molecule has 0 atom stereocenters. The van der Waals surface area contributed by atoms with Crippen molar-refractivity contribution in [1.82, 2.24) is 0 Å². The smallest absolute Gasteiger partial charge is 0.161 e. The minimum Gasteiger partial charge on any atom is -0.493 e. The van der Waals surface area contributed by atoms with E-state index in [2.05, 4.69) is 32.1 Å². The molecule has 1 rings (SSSR count). The average molecular weight is 266 g/mol. The van der Waals surface area contributed by atoms with Crippen LogP contribution in [0.25, 0.3) is 0 Å². The van der Waals surface area contributed by atoms with Crippen molar-refractivity contribution >= 4 is 0 Å². The maximum atomic E-state index is 5.53. The average Bonchev–Trinajstić information content (AvgIpc) is 2.41. The summed E-state index contributed by atoms with van der Waals surface area (Å²) in [5, 5.41) is 2.31. The van der Waals surface area contributed by atoms with Crippen molar-refractivity contribution in [3.05, 3.63) is 36.4 Å². The zero-order valence-corrected chi connectivity index (χ0v) is 12.2. The highest BCUT2D eigenvalue weighted by atomic mass is 16.5. The fourth-order valence-electron chi connectivity index (χ4n) is 1.77. The van der Waals surface area contributed by atoms with Gasteiger partial charge in [-0.2, -0.15) is 0 Å². The van der Waals surface area contributed by atoms with Gasteiger partial charge in [0.1, 0.15) is 26.2 Å². The van der Waals surface area contributed by atoms with Crippen molar-refractivity contribution in [2.45, 2.75) is 6.54 Å². The number of nitrogens with two attached hydrogens (primary N) is 1. The van der Waals surface area contributed by atoms with Gasteiger partial charge in [-0.3, -0.25) is 0 Å². The van der Waals surface area contributed by atoms with Gasteiger partial charge in [0.15, 0.2) is 11.5 Å². The minimum absolute atomic E-state index is 0.493. The molecular weight excluding hydrogens is 240 g/mol. The fourth-order valence-corrected chi connectivity index (χ4v) is 1.77. The Morgan fingerprint density at radius 1 is 1.32 bits per heavy atom. The number of methoxy groups -OCH3 is 1. The summed E-state index contributed by atoms with van der Waals surface area (Å²) in [7, 11) is 6.00. The summed E-state index contributed by atoms with van der Waals surface area (Å²) in [5.74, 6) is 1.55. The van der Waals surface area contributed by atoms with E-state index in [9.17, 15) is 0 Å². The second-order valence-corrected chi connectivity index (χ2v) is 4.82. The molecule has 106 valence electrons. The van der Waals surface area contributed by atoms with E-state index in [0.29, 0.717) is 6.61 Å². The van der Waals surface area contributed by atoms with Gasteiger partial charge < -0.3 is 19.7 Å². The first-order valence-electron chi connectivity index (χ1n) is 6.68. The molecular formula is C15H26N2O2+2. The lowest BCUT2D eigenvalue weighted by molar-refractivity contribution is -0.875. The largest absolute Gasteiger partial charge is 0.493 e. The Labute approximate surface area is 116 Å². The van der Waals surface area contributed by atoms with Gasteiger partial charge in [-0.25, -0.2) is 0 Å². The summed E-state index contributed by atoms with van der Waals surface area (Å²) in [6.45, 7) is 7.39. The molecule has 0 fully saturated rings. The zero-order valence-electron chi connectivity index (χ0n) is 12.2. The quantitative estimate of drug-likeness (QED) is 0.466. The van der Waals surface area contributed by atoms with Crippen LogP contribution in [0.1, 0.15) is 5.56 Å². The molecule has 1 aromatic carbocycles. The number of hydrogen-bond acceptors (Lipinski definition) is 2. The third-order valence-electron chi connectivity index (χ3n) is 2.81. The first kappa shape index (κ1) is 15.5. The van der Waals surface area contributed by atoms with E-state index in [4.69, 9.17) is 9.47 Å². The van der Waals surface area contributed by atoms with Crippen molar-refractivity contribution in [2.24, 2.45) is 0 Å². The van der Waals surface area contributed by atoms with Crippen LogP contribution >= 0.6 is 0 Å². The second kappa shape index (κ2) is 8.56. The van der Waals surface area contributed by atoms with Crippen molar-refractivity contribution in [3.63, 3.8) is 0 Å². The molecule has 1 aromatic rings. The van der Waals surface area contributed by atoms with Gasteiger partial charge in [0.2, 0.25) is 0 Å². The van der Waals surface area contributed by atoms with Gasteiger partial charge >= 0.3 is 0 Å². The maximum Gasteiger partial charge on any atom is 0.161 e. The maximum absolute atomic E-state index is 5.53. The van der Waals surface area contributed by atoms with E-state index in [1.165, 1.54) is 10.5 Å². The van der Waals surface area contributed by atoms with Gasteiger partial charge in [0.25, 0.3) is 0 Å². The molecule has 0 saturated heterocycles. The van der Waals surface area contributed by atoms with E-state index in [-0.39, 0.29) is 0 Å². The van der Waals surface area contributed by atoms with Crippen LogP contribution in [0, 0.1) is 0 Å². The molecule has 0 radical (unpaired) electrons. The topological polar surface area (TPSA) is 39.5 Å². The monoisotopic (exact) mass is 266 g/mol. The third kappa shape index (κ3) is 5.77. The molecule has 0 amide bonds. The Balaban J connectivity index is 2.53. The Morgan fingerprint density at radius 2 is 2.11 bits per heavy atom. The van der Waals surface area contributed by atoms with Crippen LogP contribution in [0.2, 0.25) is 0 Å². The molecule has 0 aliphatic carbocycles. The van der Waals surface area contributed by atoms with Crippen LogP contribution in [0.3, 0.4) is 0 Å².